The maximum absolute atomic E-state index is 12.2. The van der Waals surface area contributed by atoms with E-state index in [-0.39, 0.29) is 17.6 Å². The summed E-state index contributed by atoms with van der Waals surface area (Å²) in [6.45, 7) is 0. The minimum absolute atomic E-state index is 0.207. The standard InChI is InChI=1S/C14H15NO/c15-10-9-13(11-5-2-1-3-6-11)14(16)12-7-4-8-12/h1-3,5-6,12-13H,4,7-9H2. The number of ketones is 1. The van der Waals surface area contributed by atoms with Crippen molar-refractivity contribution in [3.8, 4) is 6.07 Å². The fourth-order valence-electron chi connectivity index (χ4n) is 2.14. The molecule has 2 heteroatoms. The third-order valence-corrected chi connectivity index (χ3v) is 3.35. The minimum Gasteiger partial charge on any atom is -0.299 e. The van der Waals surface area contributed by atoms with Gasteiger partial charge in [0.25, 0.3) is 0 Å². The predicted molar refractivity (Wildman–Crippen MR) is 61.8 cm³/mol. The van der Waals surface area contributed by atoms with Crippen molar-refractivity contribution in [3.63, 3.8) is 0 Å². The smallest absolute Gasteiger partial charge is 0.144 e. The molecule has 1 unspecified atom stereocenters. The fraction of sp³-hybridized carbons (Fsp3) is 0.429. The minimum atomic E-state index is -0.212. The Morgan fingerprint density at radius 3 is 2.56 bits per heavy atom. The number of benzene rings is 1. The average Bonchev–Trinajstić information content (AvgIpc) is 2.24. The van der Waals surface area contributed by atoms with Crippen LogP contribution in [0.25, 0.3) is 0 Å². The number of Topliss-reactive ketones (excluding diaryl/α,β-unsaturated/α-hetero) is 1. The van der Waals surface area contributed by atoms with Gasteiger partial charge in [-0.1, -0.05) is 36.8 Å². The zero-order valence-electron chi connectivity index (χ0n) is 9.23. The third kappa shape index (κ3) is 2.14. The highest BCUT2D eigenvalue weighted by molar-refractivity contribution is 5.88. The molecule has 82 valence electrons. The number of carbonyl (C=O) groups is 1. The van der Waals surface area contributed by atoms with Gasteiger partial charge in [0.2, 0.25) is 0 Å². The van der Waals surface area contributed by atoms with Crippen LogP contribution in [0.4, 0.5) is 0 Å². The van der Waals surface area contributed by atoms with E-state index in [1.165, 1.54) is 0 Å². The van der Waals surface area contributed by atoms with Crippen LogP contribution in [0.2, 0.25) is 0 Å². The molecule has 1 aromatic rings. The molecule has 1 fully saturated rings. The number of nitrogens with zero attached hydrogens (tertiary/aromatic N) is 1. The fourth-order valence-corrected chi connectivity index (χ4v) is 2.14. The Hall–Kier alpha value is -1.62. The van der Waals surface area contributed by atoms with Gasteiger partial charge in [0.05, 0.1) is 12.0 Å². The van der Waals surface area contributed by atoms with E-state index in [4.69, 9.17) is 5.26 Å². The van der Waals surface area contributed by atoms with E-state index in [0.717, 1.165) is 24.8 Å². The SMILES string of the molecule is N#CCC(C(=O)C1CCC1)c1ccccc1. The first-order valence-electron chi connectivity index (χ1n) is 5.78. The van der Waals surface area contributed by atoms with Gasteiger partial charge in [-0.05, 0) is 18.4 Å². The number of rotatable bonds is 4. The van der Waals surface area contributed by atoms with Gasteiger partial charge in [0, 0.05) is 12.3 Å². The largest absolute Gasteiger partial charge is 0.299 e. The lowest BCUT2D eigenvalue weighted by molar-refractivity contribution is -0.126. The van der Waals surface area contributed by atoms with Crippen LogP contribution in [0.1, 0.15) is 37.2 Å². The summed E-state index contributed by atoms with van der Waals surface area (Å²) in [7, 11) is 0. The second-order valence-corrected chi connectivity index (χ2v) is 4.36. The van der Waals surface area contributed by atoms with Crippen LogP contribution < -0.4 is 0 Å². The molecule has 0 spiro atoms. The summed E-state index contributed by atoms with van der Waals surface area (Å²) in [5.41, 5.74) is 0.987. The highest BCUT2D eigenvalue weighted by Gasteiger charge is 2.31. The van der Waals surface area contributed by atoms with Gasteiger partial charge >= 0.3 is 0 Å². The van der Waals surface area contributed by atoms with Gasteiger partial charge in [0.1, 0.15) is 5.78 Å². The van der Waals surface area contributed by atoms with Crippen LogP contribution in [0.15, 0.2) is 30.3 Å². The molecule has 0 amide bonds. The van der Waals surface area contributed by atoms with Gasteiger partial charge in [-0.2, -0.15) is 5.26 Å². The van der Waals surface area contributed by atoms with Gasteiger partial charge in [-0.3, -0.25) is 4.79 Å². The lowest BCUT2D eigenvalue weighted by atomic mass is 9.75. The van der Waals surface area contributed by atoms with Crippen LogP contribution in [-0.4, -0.2) is 5.78 Å². The number of nitriles is 1. The summed E-state index contributed by atoms with van der Waals surface area (Å²) in [6, 6.07) is 11.8. The number of hydrogen-bond donors (Lipinski definition) is 0. The van der Waals surface area contributed by atoms with Crippen molar-refractivity contribution in [2.24, 2.45) is 5.92 Å². The molecule has 16 heavy (non-hydrogen) atoms. The molecule has 0 N–H and O–H groups in total. The molecule has 0 aliphatic heterocycles. The maximum atomic E-state index is 12.2. The van der Waals surface area contributed by atoms with Gasteiger partial charge in [-0.25, -0.2) is 0 Å². The first kappa shape index (κ1) is 10.9. The molecule has 2 rings (SSSR count). The Morgan fingerprint density at radius 1 is 1.38 bits per heavy atom. The van der Waals surface area contributed by atoms with Crippen molar-refractivity contribution >= 4 is 5.78 Å². The van der Waals surface area contributed by atoms with E-state index in [2.05, 4.69) is 6.07 Å². The van der Waals surface area contributed by atoms with E-state index >= 15 is 0 Å². The van der Waals surface area contributed by atoms with Crippen molar-refractivity contribution in [1.29, 1.82) is 5.26 Å². The Kier molecular flexibility index (Phi) is 3.36. The zero-order chi connectivity index (χ0) is 11.4. The maximum Gasteiger partial charge on any atom is 0.144 e. The molecule has 1 saturated carbocycles. The third-order valence-electron chi connectivity index (χ3n) is 3.35. The first-order chi connectivity index (χ1) is 7.83. The lowest BCUT2D eigenvalue weighted by Gasteiger charge is -2.27. The van der Waals surface area contributed by atoms with Crippen LogP contribution in [-0.2, 0) is 4.79 Å². The molecule has 2 nitrogen and oxygen atoms in total. The molecule has 0 saturated heterocycles. The monoisotopic (exact) mass is 213 g/mol. The van der Waals surface area contributed by atoms with Crippen molar-refractivity contribution < 1.29 is 4.79 Å². The summed E-state index contributed by atoms with van der Waals surface area (Å²) in [6.07, 6.45) is 3.48. The van der Waals surface area contributed by atoms with Crippen molar-refractivity contribution in [3.05, 3.63) is 35.9 Å². The van der Waals surface area contributed by atoms with E-state index in [1.54, 1.807) is 0 Å². The van der Waals surface area contributed by atoms with Crippen molar-refractivity contribution in [2.75, 3.05) is 0 Å². The Balaban J connectivity index is 2.17. The van der Waals surface area contributed by atoms with Crippen molar-refractivity contribution in [2.45, 2.75) is 31.6 Å². The normalized spacial score (nSPS) is 17.2. The zero-order valence-corrected chi connectivity index (χ0v) is 9.23. The van der Waals surface area contributed by atoms with E-state index in [0.29, 0.717) is 6.42 Å². The van der Waals surface area contributed by atoms with Crippen molar-refractivity contribution in [1.82, 2.24) is 0 Å². The Labute approximate surface area is 95.9 Å². The number of carbonyl (C=O) groups excluding carboxylic acids is 1. The number of hydrogen-bond acceptors (Lipinski definition) is 2. The first-order valence-corrected chi connectivity index (χ1v) is 5.78. The topological polar surface area (TPSA) is 40.9 Å². The van der Waals surface area contributed by atoms with E-state index < -0.39 is 0 Å². The molecular weight excluding hydrogens is 198 g/mol. The lowest BCUT2D eigenvalue weighted by Crippen LogP contribution is -2.27. The molecule has 1 aliphatic rings. The van der Waals surface area contributed by atoms with E-state index in [9.17, 15) is 4.79 Å². The molecule has 0 radical (unpaired) electrons. The van der Waals surface area contributed by atoms with Crippen LogP contribution >= 0.6 is 0 Å². The van der Waals surface area contributed by atoms with Gasteiger partial charge < -0.3 is 0 Å². The van der Waals surface area contributed by atoms with E-state index in [1.807, 2.05) is 30.3 Å². The highest BCUT2D eigenvalue weighted by atomic mass is 16.1. The summed E-state index contributed by atoms with van der Waals surface area (Å²) in [4.78, 5) is 12.2. The summed E-state index contributed by atoms with van der Waals surface area (Å²) >= 11 is 0. The van der Waals surface area contributed by atoms with Crippen LogP contribution in [0, 0.1) is 17.2 Å². The molecular formula is C14H15NO. The Morgan fingerprint density at radius 2 is 2.06 bits per heavy atom. The molecule has 0 aromatic heterocycles. The van der Waals surface area contributed by atoms with Gasteiger partial charge in [0.15, 0.2) is 0 Å². The Bertz CT molecular complexity index is 400. The predicted octanol–water partition coefficient (Wildman–Crippen LogP) is 3.05. The summed E-state index contributed by atoms with van der Waals surface area (Å²) in [5, 5.41) is 8.82. The molecule has 1 aliphatic carbocycles. The van der Waals surface area contributed by atoms with Gasteiger partial charge in [-0.15, -0.1) is 0 Å². The van der Waals surface area contributed by atoms with Crippen LogP contribution in [0.3, 0.4) is 0 Å². The van der Waals surface area contributed by atoms with Crippen LogP contribution in [0.5, 0.6) is 0 Å². The quantitative estimate of drug-likeness (QED) is 0.771. The molecule has 0 heterocycles. The molecule has 1 atom stereocenters. The molecule has 0 bridgehead atoms. The summed E-state index contributed by atoms with van der Waals surface area (Å²) in [5.74, 6) is 0.258. The second-order valence-electron chi connectivity index (χ2n) is 4.36. The summed E-state index contributed by atoms with van der Waals surface area (Å²) < 4.78 is 0. The molecule has 1 aromatic carbocycles. The second kappa shape index (κ2) is 4.94. The average molecular weight is 213 g/mol. The highest BCUT2D eigenvalue weighted by Crippen LogP contribution is 2.34.